The van der Waals surface area contributed by atoms with Gasteiger partial charge in [0, 0.05) is 26.4 Å². The molecule has 2 N–H and O–H groups in total. The van der Waals surface area contributed by atoms with Crippen LogP contribution in [0.4, 0.5) is 5.82 Å². The van der Waals surface area contributed by atoms with E-state index >= 15 is 0 Å². The maximum atomic E-state index is 11.0. The minimum atomic E-state index is -0.567. The fourth-order valence-corrected chi connectivity index (χ4v) is 2.75. The summed E-state index contributed by atoms with van der Waals surface area (Å²) in [5.41, 5.74) is 5.35. The summed E-state index contributed by atoms with van der Waals surface area (Å²) in [4.78, 5) is 17.5. The highest BCUT2D eigenvalue weighted by Crippen LogP contribution is 2.23. The van der Waals surface area contributed by atoms with Crippen molar-refractivity contribution in [3.05, 3.63) is 29.5 Å². The van der Waals surface area contributed by atoms with Gasteiger partial charge >= 0.3 is 0 Å². The molecule has 1 aliphatic heterocycles. The van der Waals surface area contributed by atoms with Crippen LogP contribution >= 0.6 is 0 Å². The van der Waals surface area contributed by atoms with Crippen molar-refractivity contribution in [2.24, 2.45) is 11.7 Å². The number of nitrogens with two attached hydrogens (primary N) is 1. The summed E-state index contributed by atoms with van der Waals surface area (Å²) in [5, 5.41) is 11.9. The van der Waals surface area contributed by atoms with Crippen molar-refractivity contribution < 1.29 is 9.32 Å². The number of piperidine rings is 1. The summed E-state index contributed by atoms with van der Waals surface area (Å²) in [7, 11) is 0. The summed E-state index contributed by atoms with van der Waals surface area (Å²) >= 11 is 0. The Labute approximate surface area is 127 Å². The number of amides is 1. The van der Waals surface area contributed by atoms with Crippen molar-refractivity contribution in [2.45, 2.75) is 26.2 Å². The summed E-state index contributed by atoms with van der Waals surface area (Å²) in [5.74, 6) is 1.99. The quantitative estimate of drug-likeness (QED) is 0.886. The van der Waals surface area contributed by atoms with Crippen LogP contribution in [-0.2, 0) is 6.42 Å². The van der Waals surface area contributed by atoms with Crippen LogP contribution in [0.3, 0.4) is 0 Å². The number of primary amides is 1. The summed E-state index contributed by atoms with van der Waals surface area (Å²) in [6.07, 6.45) is 2.98. The summed E-state index contributed by atoms with van der Waals surface area (Å²) < 4.78 is 5.01. The molecule has 8 heteroatoms. The number of carbonyl (C=O) groups excluding carboxylic acids is 1. The SMILES string of the molecule is Cc1nc(C[C@@H]2CCCN(c3ccc(C(N)=O)nn3)C2)no1. The predicted octanol–water partition coefficient (Wildman–Crippen LogP) is 0.726. The van der Waals surface area contributed by atoms with Gasteiger partial charge in [0.15, 0.2) is 17.3 Å². The zero-order valence-electron chi connectivity index (χ0n) is 12.4. The van der Waals surface area contributed by atoms with E-state index < -0.39 is 5.91 Å². The number of hydrogen-bond donors (Lipinski definition) is 1. The van der Waals surface area contributed by atoms with E-state index in [1.54, 1.807) is 19.1 Å². The number of hydrogen-bond acceptors (Lipinski definition) is 7. The molecule has 1 aliphatic rings. The molecule has 0 saturated carbocycles. The molecule has 3 rings (SSSR count). The lowest BCUT2D eigenvalue weighted by atomic mass is 9.94. The fraction of sp³-hybridized carbons (Fsp3) is 0.500. The van der Waals surface area contributed by atoms with Gasteiger partial charge in [-0.3, -0.25) is 4.79 Å². The first-order valence-corrected chi connectivity index (χ1v) is 7.29. The molecule has 116 valence electrons. The number of aromatic nitrogens is 4. The van der Waals surface area contributed by atoms with Gasteiger partial charge < -0.3 is 15.2 Å². The Kier molecular flexibility index (Phi) is 3.99. The molecule has 8 nitrogen and oxygen atoms in total. The van der Waals surface area contributed by atoms with E-state index in [0.717, 1.165) is 44.0 Å². The molecule has 0 radical (unpaired) electrons. The predicted molar refractivity (Wildman–Crippen MR) is 78.2 cm³/mol. The Morgan fingerprint density at radius 1 is 1.45 bits per heavy atom. The van der Waals surface area contributed by atoms with E-state index in [1.807, 2.05) is 0 Å². The van der Waals surface area contributed by atoms with Gasteiger partial charge in [-0.15, -0.1) is 10.2 Å². The topological polar surface area (TPSA) is 111 Å². The Balaban J connectivity index is 1.66. The van der Waals surface area contributed by atoms with Gasteiger partial charge in [0.25, 0.3) is 5.91 Å². The van der Waals surface area contributed by atoms with Crippen molar-refractivity contribution in [2.75, 3.05) is 18.0 Å². The van der Waals surface area contributed by atoms with Crippen LogP contribution in [0, 0.1) is 12.8 Å². The number of carbonyl (C=O) groups is 1. The first-order chi connectivity index (χ1) is 10.6. The zero-order chi connectivity index (χ0) is 15.5. The van der Waals surface area contributed by atoms with Gasteiger partial charge in [-0.05, 0) is 30.9 Å². The van der Waals surface area contributed by atoms with E-state index in [0.29, 0.717) is 11.8 Å². The second kappa shape index (κ2) is 6.08. The molecule has 0 unspecified atom stereocenters. The molecule has 1 atom stereocenters. The number of aryl methyl sites for hydroxylation is 1. The first kappa shape index (κ1) is 14.4. The van der Waals surface area contributed by atoms with Crippen molar-refractivity contribution in [1.29, 1.82) is 0 Å². The van der Waals surface area contributed by atoms with Crippen LogP contribution in [0.2, 0.25) is 0 Å². The molecule has 2 aromatic rings. The highest BCUT2D eigenvalue weighted by atomic mass is 16.5. The van der Waals surface area contributed by atoms with Crippen LogP contribution in [0.25, 0.3) is 0 Å². The average Bonchev–Trinajstić information content (AvgIpc) is 2.93. The molecular weight excluding hydrogens is 284 g/mol. The highest BCUT2D eigenvalue weighted by molar-refractivity contribution is 5.90. The average molecular weight is 302 g/mol. The standard InChI is InChI=1S/C14H18N6O2/c1-9-16-12(19-22-9)7-10-3-2-6-20(8-10)13-5-4-11(14(15)21)17-18-13/h4-5,10H,2-3,6-8H2,1H3,(H2,15,21)/t10-/m0/s1. The third-order valence-corrected chi connectivity index (χ3v) is 3.79. The van der Waals surface area contributed by atoms with Crippen molar-refractivity contribution in [3.8, 4) is 0 Å². The smallest absolute Gasteiger partial charge is 0.269 e. The van der Waals surface area contributed by atoms with Gasteiger partial charge in [-0.1, -0.05) is 5.16 Å². The molecule has 0 bridgehead atoms. The maximum Gasteiger partial charge on any atom is 0.269 e. The monoisotopic (exact) mass is 302 g/mol. The van der Waals surface area contributed by atoms with Crippen molar-refractivity contribution in [1.82, 2.24) is 20.3 Å². The van der Waals surface area contributed by atoms with E-state index in [2.05, 4.69) is 25.2 Å². The molecular formula is C14H18N6O2. The van der Waals surface area contributed by atoms with Gasteiger partial charge in [0.2, 0.25) is 5.89 Å². The van der Waals surface area contributed by atoms with Crippen molar-refractivity contribution in [3.63, 3.8) is 0 Å². The number of anilines is 1. The number of rotatable bonds is 4. The Morgan fingerprint density at radius 3 is 2.95 bits per heavy atom. The van der Waals surface area contributed by atoms with Crippen LogP contribution in [0.1, 0.15) is 35.0 Å². The lowest BCUT2D eigenvalue weighted by molar-refractivity contribution is 0.0994. The minimum absolute atomic E-state index is 0.180. The van der Waals surface area contributed by atoms with Crippen LogP contribution in [0.15, 0.2) is 16.7 Å². The Hall–Kier alpha value is -2.51. The summed E-state index contributed by atoms with van der Waals surface area (Å²) in [6.45, 7) is 3.57. The van der Waals surface area contributed by atoms with Crippen LogP contribution in [0.5, 0.6) is 0 Å². The molecule has 1 saturated heterocycles. The van der Waals surface area contributed by atoms with Crippen molar-refractivity contribution >= 4 is 11.7 Å². The molecule has 1 amide bonds. The van der Waals surface area contributed by atoms with Gasteiger partial charge in [-0.2, -0.15) is 4.98 Å². The van der Waals surface area contributed by atoms with Gasteiger partial charge in [0.1, 0.15) is 0 Å². The third kappa shape index (κ3) is 3.21. The lowest BCUT2D eigenvalue weighted by Gasteiger charge is -2.32. The summed E-state index contributed by atoms with van der Waals surface area (Å²) in [6, 6.07) is 3.39. The van der Waals surface area contributed by atoms with Gasteiger partial charge in [-0.25, -0.2) is 0 Å². The highest BCUT2D eigenvalue weighted by Gasteiger charge is 2.23. The van der Waals surface area contributed by atoms with Crippen LogP contribution in [-0.4, -0.2) is 39.3 Å². The van der Waals surface area contributed by atoms with E-state index in [9.17, 15) is 4.79 Å². The maximum absolute atomic E-state index is 11.0. The molecule has 3 heterocycles. The largest absolute Gasteiger partial charge is 0.364 e. The number of nitrogens with zero attached hydrogens (tertiary/aromatic N) is 5. The Morgan fingerprint density at radius 2 is 2.32 bits per heavy atom. The molecule has 22 heavy (non-hydrogen) atoms. The Bertz CT molecular complexity index is 654. The van der Waals surface area contributed by atoms with E-state index in [1.165, 1.54) is 0 Å². The molecule has 0 aliphatic carbocycles. The fourth-order valence-electron chi connectivity index (χ4n) is 2.75. The minimum Gasteiger partial charge on any atom is -0.364 e. The van der Waals surface area contributed by atoms with Gasteiger partial charge in [0.05, 0.1) is 0 Å². The lowest BCUT2D eigenvalue weighted by Crippen LogP contribution is -2.37. The zero-order valence-corrected chi connectivity index (χ0v) is 12.4. The second-order valence-corrected chi connectivity index (χ2v) is 5.53. The third-order valence-electron chi connectivity index (χ3n) is 3.79. The second-order valence-electron chi connectivity index (χ2n) is 5.53. The first-order valence-electron chi connectivity index (χ1n) is 7.29. The molecule has 0 aromatic carbocycles. The normalized spacial score (nSPS) is 18.4. The molecule has 2 aromatic heterocycles. The molecule has 0 spiro atoms. The van der Waals surface area contributed by atoms with E-state index in [-0.39, 0.29) is 5.69 Å². The van der Waals surface area contributed by atoms with Crippen LogP contribution < -0.4 is 10.6 Å². The van der Waals surface area contributed by atoms with E-state index in [4.69, 9.17) is 10.3 Å². The molecule has 1 fully saturated rings.